The van der Waals surface area contributed by atoms with Crippen LogP contribution in [-0.4, -0.2) is 41.3 Å². The topological polar surface area (TPSA) is 78.5 Å². The SMILES string of the molecule is C=CCNC(O)C(O)C(N)CCC(F)(F)F. The lowest BCUT2D eigenvalue weighted by atomic mass is 10.0. The number of halogens is 3. The molecule has 3 atom stereocenters. The summed E-state index contributed by atoms with van der Waals surface area (Å²) in [6, 6.07) is -1.13. The second-order valence-corrected chi connectivity index (χ2v) is 3.45. The van der Waals surface area contributed by atoms with Gasteiger partial charge in [-0.25, -0.2) is 0 Å². The van der Waals surface area contributed by atoms with Crippen LogP contribution in [0.25, 0.3) is 0 Å². The van der Waals surface area contributed by atoms with Crippen molar-refractivity contribution in [2.24, 2.45) is 5.73 Å². The van der Waals surface area contributed by atoms with Gasteiger partial charge in [-0.2, -0.15) is 13.2 Å². The zero-order valence-electron chi connectivity index (χ0n) is 8.74. The van der Waals surface area contributed by atoms with Gasteiger partial charge in [-0.05, 0) is 6.42 Å². The number of nitrogens with one attached hydrogen (secondary N) is 1. The van der Waals surface area contributed by atoms with Gasteiger partial charge in [-0.3, -0.25) is 5.32 Å². The van der Waals surface area contributed by atoms with Gasteiger partial charge in [-0.15, -0.1) is 6.58 Å². The second-order valence-electron chi connectivity index (χ2n) is 3.45. The normalized spacial score (nSPS) is 17.9. The van der Waals surface area contributed by atoms with Gasteiger partial charge in [0.25, 0.3) is 0 Å². The first-order valence-electron chi connectivity index (χ1n) is 4.80. The Balaban J connectivity index is 3.96. The highest BCUT2D eigenvalue weighted by atomic mass is 19.4. The number of aliphatic hydroxyl groups is 2. The van der Waals surface area contributed by atoms with E-state index in [0.29, 0.717) is 0 Å². The molecule has 0 aromatic heterocycles. The molecule has 0 spiro atoms. The minimum Gasteiger partial charge on any atom is -0.387 e. The first kappa shape index (κ1) is 15.4. The van der Waals surface area contributed by atoms with Crippen molar-refractivity contribution < 1.29 is 23.4 Å². The highest BCUT2D eigenvalue weighted by Gasteiger charge is 2.30. The predicted molar refractivity (Wildman–Crippen MR) is 53.5 cm³/mol. The lowest BCUT2D eigenvalue weighted by Gasteiger charge is -2.24. The van der Waals surface area contributed by atoms with Crippen LogP contribution >= 0.6 is 0 Å². The van der Waals surface area contributed by atoms with Gasteiger partial charge in [0.1, 0.15) is 12.3 Å². The van der Waals surface area contributed by atoms with Gasteiger partial charge in [0.15, 0.2) is 0 Å². The van der Waals surface area contributed by atoms with Crippen molar-refractivity contribution in [3.8, 4) is 0 Å². The van der Waals surface area contributed by atoms with Crippen LogP contribution in [0.15, 0.2) is 12.7 Å². The van der Waals surface area contributed by atoms with Gasteiger partial charge in [0.05, 0.1) is 0 Å². The van der Waals surface area contributed by atoms with Crippen molar-refractivity contribution in [3.05, 3.63) is 12.7 Å². The van der Waals surface area contributed by atoms with Crippen LogP contribution in [0.4, 0.5) is 13.2 Å². The molecule has 5 N–H and O–H groups in total. The van der Waals surface area contributed by atoms with Crippen molar-refractivity contribution in [1.29, 1.82) is 0 Å². The van der Waals surface area contributed by atoms with E-state index in [2.05, 4.69) is 11.9 Å². The molecule has 0 aliphatic carbocycles. The third kappa shape index (κ3) is 6.78. The van der Waals surface area contributed by atoms with E-state index in [0.717, 1.165) is 0 Å². The summed E-state index contributed by atoms with van der Waals surface area (Å²) >= 11 is 0. The number of aliphatic hydroxyl groups excluding tert-OH is 2. The van der Waals surface area contributed by atoms with Crippen molar-refractivity contribution in [2.45, 2.75) is 37.4 Å². The lowest BCUT2D eigenvalue weighted by Crippen LogP contribution is -2.50. The average molecular weight is 242 g/mol. The molecular weight excluding hydrogens is 225 g/mol. The van der Waals surface area contributed by atoms with Crippen molar-refractivity contribution in [2.75, 3.05) is 6.54 Å². The summed E-state index contributed by atoms with van der Waals surface area (Å²) in [7, 11) is 0. The summed E-state index contributed by atoms with van der Waals surface area (Å²) in [4.78, 5) is 0. The van der Waals surface area contributed by atoms with Crippen LogP contribution in [-0.2, 0) is 0 Å². The van der Waals surface area contributed by atoms with Crippen molar-refractivity contribution in [1.82, 2.24) is 5.32 Å². The molecule has 0 saturated carbocycles. The van der Waals surface area contributed by atoms with E-state index in [-0.39, 0.29) is 6.54 Å². The maximum Gasteiger partial charge on any atom is 0.389 e. The van der Waals surface area contributed by atoms with Crippen molar-refractivity contribution in [3.63, 3.8) is 0 Å². The summed E-state index contributed by atoms with van der Waals surface area (Å²) in [5.74, 6) is 0. The van der Waals surface area contributed by atoms with Gasteiger partial charge in [0.2, 0.25) is 0 Å². The molecule has 0 fully saturated rings. The maximum atomic E-state index is 11.9. The van der Waals surface area contributed by atoms with E-state index in [4.69, 9.17) is 5.73 Å². The Kier molecular flexibility index (Phi) is 6.58. The monoisotopic (exact) mass is 242 g/mol. The molecule has 3 unspecified atom stereocenters. The molecule has 4 nitrogen and oxygen atoms in total. The van der Waals surface area contributed by atoms with E-state index in [1.54, 1.807) is 0 Å². The summed E-state index contributed by atoms with van der Waals surface area (Å²) in [6.07, 6.45) is -7.19. The Bertz CT molecular complexity index is 211. The fraction of sp³-hybridized carbons (Fsp3) is 0.778. The van der Waals surface area contributed by atoms with Gasteiger partial charge < -0.3 is 15.9 Å². The summed E-state index contributed by atoms with van der Waals surface area (Å²) in [5.41, 5.74) is 5.32. The molecular formula is C9H17F3N2O2. The fourth-order valence-electron chi connectivity index (χ4n) is 1.06. The van der Waals surface area contributed by atoms with E-state index in [1.807, 2.05) is 0 Å². The van der Waals surface area contributed by atoms with Crippen LogP contribution in [0, 0.1) is 0 Å². The molecule has 0 aromatic rings. The average Bonchev–Trinajstić information content (AvgIpc) is 2.20. The summed E-state index contributed by atoms with van der Waals surface area (Å²) in [6.45, 7) is 3.60. The Morgan fingerprint density at radius 3 is 2.38 bits per heavy atom. The largest absolute Gasteiger partial charge is 0.389 e. The minimum atomic E-state index is -4.31. The molecule has 0 radical (unpaired) electrons. The predicted octanol–water partition coefficient (Wildman–Crippen LogP) is 0.111. The fourth-order valence-corrected chi connectivity index (χ4v) is 1.06. The molecule has 0 amide bonds. The summed E-state index contributed by atoms with van der Waals surface area (Å²) in [5, 5.41) is 21.1. The Hall–Kier alpha value is -0.630. The third-order valence-electron chi connectivity index (χ3n) is 1.99. The van der Waals surface area contributed by atoms with Crippen LogP contribution in [0.1, 0.15) is 12.8 Å². The molecule has 96 valence electrons. The standard InChI is InChI=1S/C9H17F3N2O2/c1-2-5-14-8(16)7(15)6(13)3-4-9(10,11)12/h2,6-8,14-16H,1,3-5,13H2. The number of nitrogens with two attached hydrogens (primary N) is 1. The maximum absolute atomic E-state index is 11.9. The van der Waals surface area contributed by atoms with E-state index >= 15 is 0 Å². The zero-order chi connectivity index (χ0) is 12.8. The molecule has 0 aliphatic rings. The Morgan fingerprint density at radius 1 is 1.38 bits per heavy atom. The van der Waals surface area contributed by atoms with E-state index < -0.39 is 37.4 Å². The third-order valence-corrected chi connectivity index (χ3v) is 1.99. The number of alkyl halides is 3. The first-order valence-corrected chi connectivity index (χ1v) is 4.80. The minimum absolute atomic E-state index is 0.226. The highest BCUT2D eigenvalue weighted by Crippen LogP contribution is 2.22. The molecule has 0 bridgehead atoms. The molecule has 0 heterocycles. The lowest BCUT2D eigenvalue weighted by molar-refractivity contribution is -0.138. The van der Waals surface area contributed by atoms with Gasteiger partial charge >= 0.3 is 6.18 Å². The number of hydrogen-bond donors (Lipinski definition) is 4. The van der Waals surface area contributed by atoms with E-state index in [1.165, 1.54) is 6.08 Å². The van der Waals surface area contributed by atoms with Gasteiger partial charge in [-0.1, -0.05) is 6.08 Å². The zero-order valence-corrected chi connectivity index (χ0v) is 8.74. The van der Waals surface area contributed by atoms with E-state index in [9.17, 15) is 23.4 Å². The molecule has 0 rings (SSSR count). The van der Waals surface area contributed by atoms with Crippen LogP contribution in [0.2, 0.25) is 0 Å². The molecule has 0 aromatic carbocycles. The van der Waals surface area contributed by atoms with Crippen LogP contribution in [0.3, 0.4) is 0 Å². The quantitative estimate of drug-likeness (QED) is 0.377. The molecule has 0 saturated heterocycles. The highest BCUT2D eigenvalue weighted by molar-refractivity contribution is 4.80. The Labute approximate surface area is 91.9 Å². The summed E-state index contributed by atoms with van der Waals surface area (Å²) < 4.78 is 35.6. The first-order chi connectivity index (χ1) is 7.28. The smallest absolute Gasteiger partial charge is 0.387 e. The Morgan fingerprint density at radius 2 is 1.94 bits per heavy atom. The number of rotatable bonds is 7. The molecule has 0 aliphatic heterocycles. The van der Waals surface area contributed by atoms with Crippen LogP contribution < -0.4 is 11.1 Å². The van der Waals surface area contributed by atoms with Crippen LogP contribution in [0.5, 0.6) is 0 Å². The number of hydrogen-bond acceptors (Lipinski definition) is 4. The second kappa shape index (κ2) is 6.85. The van der Waals surface area contributed by atoms with Gasteiger partial charge in [0, 0.05) is 19.0 Å². The molecule has 7 heteroatoms. The molecule has 16 heavy (non-hydrogen) atoms. The van der Waals surface area contributed by atoms with Crippen molar-refractivity contribution >= 4 is 0 Å².